The Labute approximate surface area is 141 Å². The lowest BCUT2D eigenvalue weighted by Gasteiger charge is -2.26. The van der Waals surface area contributed by atoms with Crippen LogP contribution in [-0.4, -0.2) is 15.0 Å². The van der Waals surface area contributed by atoms with Gasteiger partial charge in [0.15, 0.2) is 0 Å². The first-order chi connectivity index (χ1) is 11.7. The largest absolute Gasteiger partial charge is 0.213 e. The van der Waals surface area contributed by atoms with E-state index in [-0.39, 0.29) is 5.41 Å². The summed E-state index contributed by atoms with van der Waals surface area (Å²) in [6, 6.07) is 27.2. The van der Waals surface area contributed by atoms with Crippen LogP contribution in [0.3, 0.4) is 0 Å². The topological polar surface area (TPSA) is 30.7 Å². The molecule has 0 saturated heterocycles. The number of rotatable bonds is 3. The molecule has 0 fully saturated rings. The van der Waals surface area contributed by atoms with Crippen LogP contribution in [-0.2, 0) is 5.41 Å². The van der Waals surface area contributed by atoms with Crippen LogP contribution in [0.1, 0.15) is 25.0 Å². The summed E-state index contributed by atoms with van der Waals surface area (Å²) in [5.74, 6) is 0. The van der Waals surface area contributed by atoms with Crippen LogP contribution in [0.2, 0.25) is 0 Å². The van der Waals surface area contributed by atoms with Gasteiger partial charge in [0.25, 0.3) is 0 Å². The first-order valence-electron chi connectivity index (χ1n) is 8.13. The second-order valence-electron chi connectivity index (χ2n) is 6.53. The molecule has 0 atom stereocenters. The maximum atomic E-state index is 4.33. The van der Waals surface area contributed by atoms with Crippen molar-refractivity contribution < 1.29 is 0 Å². The molecule has 1 heterocycles. The van der Waals surface area contributed by atoms with Crippen LogP contribution in [0.15, 0.2) is 78.9 Å². The fraction of sp³-hybridized carbons (Fsp3) is 0.143. The van der Waals surface area contributed by atoms with Gasteiger partial charge in [-0.05, 0) is 35.4 Å². The molecular weight excluding hydrogens is 294 g/mol. The smallest absolute Gasteiger partial charge is 0.113 e. The van der Waals surface area contributed by atoms with E-state index in [0.29, 0.717) is 0 Å². The Morgan fingerprint density at radius 1 is 0.750 bits per heavy atom. The minimum absolute atomic E-state index is 0.0757. The van der Waals surface area contributed by atoms with E-state index < -0.39 is 0 Å². The van der Waals surface area contributed by atoms with Gasteiger partial charge in [-0.2, -0.15) is 0 Å². The highest BCUT2D eigenvalue weighted by Crippen LogP contribution is 2.32. The van der Waals surface area contributed by atoms with Crippen molar-refractivity contribution in [3.8, 4) is 5.69 Å². The van der Waals surface area contributed by atoms with Gasteiger partial charge in [0, 0.05) is 5.41 Å². The van der Waals surface area contributed by atoms with Crippen molar-refractivity contribution >= 4 is 11.0 Å². The molecule has 1 aromatic heterocycles. The zero-order valence-corrected chi connectivity index (χ0v) is 13.8. The van der Waals surface area contributed by atoms with Crippen LogP contribution in [0.5, 0.6) is 0 Å². The van der Waals surface area contributed by atoms with E-state index in [1.54, 1.807) is 0 Å². The van der Waals surface area contributed by atoms with E-state index in [9.17, 15) is 0 Å². The van der Waals surface area contributed by atoms with Gasteiger partial charge in [-0.1, -0.05) is 73.7 Å². The molecule has 3 nitrogen and oxygen atoms in total. The monoisotopic (exact) mass is 313 g/mol. The van der Waals surface area contributed by atoms with Gasteiger partial charge in [0.05, 0.1) is 11.2 Å². The van der Waals surface area contributed by atoms with Gasteiger partial charge in [0.2, 0.25) is 0 Å². The Balaban J connectivity index is 1.82. The summed E-state index contributed by atoms with van der Waals surface area (Å²) in [6.45, 7) is 4.50. The summed E-state index contributed by atoms with van der Waals surface area (Å²) in [5, 5.41) is 8.59. The molecule has 0 aliphatic rings. The Bertz CT molecular complexity index is 984. The number of hydrogen-bond donors (Lipinski definition) is 0. The molecular formula is C21H19N3. The molecule has 3 aromatic carbocycles. The number of benzene rings is 3. The molecule has 0 spiro atoms. The Hall–Kier alpha value is -2.94. The maximum Gasteiger partial charge on any atom is 0.113 e. The van der Waals surface area contributed by atoms with E-state index in [4.69, 9.17) is 0 Å². The van der Waals surface area contributed by atoms with E-state index in [1.165, 1.54) is 11.1 Å². The third-order valence-electron chi connectivity index (χ3n) is 4.66. The molecule has 0 N–H and O–H groups in total. The zero-order chi connectivity index (χ0) is 16.6. The van der Waals surface area contributed by atoms with E-state index in [0.717, 1.165) is 16.7 Å². The van der Waals surface area contributed by atoms with Crippen LogP contribution in [0.25, 0.3) is 16.7 Å². The lowest BCUT2D eigenvalue weighted by atomic mass is 9.78. The highest BCUT2D eigenvalue weighted by molar-refractivity contribution is 5.75. The van der Waals surface area contributed by atoms with E-state index in [2.05, 4.69) is 78.8 Å². The first-order valence-corrected chi connectivity index (χ1v) is 8.13. The number of nitrogens with zero attached hydrogens (tertiary/aromatic N) is 3. The molecule has 4 rings (SSSR count). The Morgan fingerprint density at radius 2 is 1.46 bits per heavy atom. The fourth-order valence-corrected chi connectivity index (χ4v) is 3.11. The SMILES string of the molecule is CC(C)(c1ccccc1)c1cccc(-n2nnc3ccccc32)c1. The van der Waals surface area contributed by atoms with Crippen LogP contribution >= 0.6 is 0 Å². The Morgan fingerprint density at radius 3 is 2.29 bits per heavy atom. The summed E-state index contributed by atoms with van der Waals surface area (Å²) in [4.78, 5) is 0. The lowest BCUT2D eigenvalue weighted by molar-refractivity contribution is 0.639. The molecule has 0 aliphatic carbocycles. The number of hydrogen-bond acceptors (Lipinski definition) is 2. The molecule has 24 heavy (non-hydrogen) atoms. The van der Waals surface area contributed by atoms with Gasteiger partial charge in [0.1, 0.15) is 5.52 Å². The highest BCUT2D eigenvalue weighted by atomic mass is 15.4. The second kappa shape index (κ2) is 5.60. The lowest BCUT2D eigenvalue weighted by Crippen LogP contribution is -2.19. The van der Waals surface area contributed by atoms with E-state index >= 15 is 0 Å². The van der Waals surface area contributed by atoms with Crippen molar-refractivity contribution in [2.24, 2.45) is 0 Å². The van der Waals surface area contributed by atoms with Crippen molar-refractivity contribution in [3.63, 3.8) is 0 Å². The van der Waals surface area contributed by atoms with Gasteiger partial charge in [-0.15, -0.1) is 5.10 Å². The number of para-hydroxylation sites is 1. The summed E-state index contributed by atoms with van der Waals surface area (Å²) >= 11 is 0. The third kappa shape index (κ3) is 2.38. The molecule has 0 aliphatic heterocycles. The van der Waals surface area contributed by atoms with Gasteiger partial charge in [-0.25, -0.2) is 4.68 Å². The average Bonchev–Trinajstić information content (AvgIpc) is 3.07. The van der Waals surface area contributed by atoms with Crippen molar-refractivity contribution in [2.75, 3.05) is 0 Å². The number of aromatic nitrogens is 3. The van der Waals surface area contributed by atoms with Gasteiger partial charge >= 0.3 is 0 Å². The van der Waals surface area contributed by atoms with E-state index in [1.807, 2.05) is 28.9 Å². The molecule has 0 radical (unpaired) electrons. The van der Waals surface area contributed by atoms with Gasteiger partial charge in [-0.3, -0.25) is 0 Å². The summed E-state index contributed by atoms with van der Waals surface area (Å²) in [6.07, 6.45) is 0. The predicted octanol–water partition coefficient (Wildman–Crippen LogP) is 4.75. The summed E-state index contributed by atoms with van der Waals surface area (Å²) in [5.41, 5.74) is 5.44. The third-order valence-corrected chi connectivity index (χ3v) is 4.66. The molecule has 118 valence electrons. The average molecular weight is 313 g/mol. The first kappa shape index (κ1) is 14.6. The molecule has 0 bridgehead atoms. The quantitative estimate of drug-likeness (QED) is 0.546. The second-order valence-corrected chi connectivity index (χ2v) is 6.53. The van der Waals surface area contributed by atoms with Crippen molar-refractivity contribution in [2.45, 2.75) is 19.3 Å². The summed E-state index contributed by atoms with van der Waals surface area (Å²) < 4.78 is 1.90. The number of fused-ring (bicyclic) bond motifs is 1. The molecule has 0 unspecified atom stereocenters. The van der Waals surface area contributed by atoms with Crippen LogP contribution < -0.4 is 0 Å². The minimum atomic E-state index is -0.0757. The van der Waals surface area contributed by atoms with Crippen LogP contribution in [0, 0.1) is 0 Å². The standard InChI is InChI=1S/C21H19N3/c1-21(2,16-9-4-3-5-10-16)17-11-8-12-18(15-17)24-20-14-7-6-13-19(20)22-23-24/h3-15H,1-2H3. The predicted molar refractivity (Wildman–Crippen MR) is 97.4 cm³/mol. The fourth-order valence-electron chi connectivity index (χ4n) is 3.11. The van der Waals surface area contributed by atoms with Crippen molar-refractivity contribution in [1.82, 2.24) is 15.0 Å². The van der Waals surface area contributed by atoms with Crippen molar-refractivity contribution in [3.05, 3.63) is 90.0 Å². The normalized spacial score (nSPS) is 11.8. The highest BCUT2D eigenvalue weighted by Gasteiger charge is 2.23. The van der Waals surface area contributed by atoms with Crippen LogP contribution in [0.4, 0.5) is 0 Å². The molecule has 4 aromatic rings. The maximum absolute atomic E-state index is 4.33. The molecule has 0 amide bonds. The summed E-state index contributed by atoms with van der Waals surface area (Å²) in [7, 11) is 0. The zero-order valence-electron chi connectivity index (χ0n) is 13.8. The molecule has 0 saturated carbocycles. The minimum Gasteiger partial charge on any atom is -0.213 e. The van der Waals surface area contributed by atoms with Gasteiger partial charge < -0.3 is 0 Å². The molecule has 3 heteroatoms. The van der Waals surface area contributed by atoms with Crippen molar-refractivity contribution in [1.29, 1.82) is 0 Å². The Kier molecular flexibility index (Phi) is 3.42.